The van der Waals surface area contributed by atoms with Gasteiger partial charge in [0.2, 0.25) is 5.91 Å². The summed E-state index contributed by atoms with van der Waals surface area (Å²) in [7, 11) is 0. The van der Waals surface area contributed by atoms with Crippen molar-refractivity contribution in [2.75, 3.05) is 13.2 Å². The lowest BCUT2D eigenvalue weighted by Gasteiger charge is -2.06. The van der Waals surface area contributed by atoms with E-state index in [1.807, 2.05) is 30.3 Å². The Bertz CT molecular complexity index is 837. The number of carboxylic acids is 1. The van der Waals surface area contributed by atoms with Crippen molar-refractivity contribution in [1.82, 2.24) is 10.7 Å². The average Bonchev–Trinajstić information content (AvgIpc) is 2.70. The van der Waals surface area contributed by atoms with E-state index in [2.05, 4.69) is 15.8 Å². The molecule has 146 valence electrons. The van der Waals surface area contributed by atoms with Gasteiger partial charge in [0.1, 0.15) is 5.75 Å². The Morgan fingerprint density at radius 1 is 1.00 bits per heavy atom. The van der Waals surface area contributed by atoms with Crippen molar-refractivity contribution >= 4 is 24.0 Å². The Kier molecular flexibility index (Phi) is 8.19. The molecule has 0 atom stereocenters. The third-order valence-electron chi connectivity index (χ3n) is 3.59. The van der Waals surface area contributed by atoms with E-state index in [0.29, 0.717) is 17.7 Å². The SMILES string of the molecule is O=C(O)COc1ccccc1C=NNC(=O)CNC(=O)CCc1ccccc1. The van der Waals surface area contributed by atoms with Crippen molar-refractivity contribution in [2.24, 2.45) is 5.10 Å². The zero-order valence-corrected chi connectivity index (χ0v) is 15.1. The number of carbonyl (C=O) groups excluding carboxylic acids is 2. The maximum absolute atomic E-state index is 11.8. The second-order valence-corrected chi connectivity index (χ2v) is 5.78. The summed E-state index contributed by atoms with van der Waals surface area (Å²) in [4.78, 5) is 34.1. The fraction of sp³-hybridized carbons (Fsp3) is 0.200. The van der Waals surface area contributed by atoms with E-state index in [1.54, 1.807) is 24.3 Å². The van der Waals surface area contributed by atoms with Gasteiger partial charge in [0.25, 0.3) is 5.91 Å². The number of hydrogen-bond acceptors (Lipinski definition) is 5. The van der Waals surface area contributed by atoms with Crippen LogP contribution in [0.15, 0.2) is 59.7 Å². The molecule has 0 saturated carbocycles. The van der Waals surface area contributed by atoms with Crippen molar-refractivity contribution in [3.8, 4) is 5.75 Å². The summed E-state index contributed by atoms with van der Waals surface area (Å²) in [5.74, 6) is -1.47. The second kappa shape index (κ2) is 11.1. The second-order valence-electron chi connectivity index (χ2n) is 5.78. The van der Waals surface area contributed by atoms with Crippen LogP contribution >= 0.6 is 0 Å². The van der Waals surface area contributed by atoms with Crippen molar-refractivity contribution in [1.29, 1.82) is 0 Å². The first-order valence-corrected chi connectivity index (χ1v) is 8.61. The quantitative estimate of drug-likeness (QED) is 0.423. The van der Waals surface area contributed by atoms with E-state index in [9.17, 15) is 14.4 Å². The molecular formula is C20H21N3O5. The van der Waals surface area contributed by atoms with Gasteiger partial charge in [-0.2, -0.15) is 5.10 Å². The first-order valence-electron chi connectivity index (χ1n) is 8.61. The number of carbonyl (C=O) groups is 3. The maximum Gasteiger partial charge on any atom is 0.341 e. The maximum atomic E-state index is 11.8. The van der Waals surface area contributed by atoms with Crippen LogP contribution in [-0.2, 0) is 20.8 Å². The number of aliphatic carboxylic acids is 1. The molecule has 0 saturated heterocycles. The molecule has 8 nitrogen and oxygen atoms in total. The van der Waals surface area contributed by atoms with E-state index >= 15 is 0 Å². The summed E-state index contributed by atoms with van der Waals surface area (Å²) < 4.78 is 5.14. The van der Waals surface area contributed by atoms with Gasteiger partial charge in [0, 0.05) is 12.0 Å². The zero-order chi connectivity index (χ0) is 20.2. The third kappa shape index (κ3) is 7.69. The predicted octanol–water partition coefficient (Wildman–Crippen LogP) is 1.35. The first kappa shape index (κ1) is 20.6. The normalized spacial score (nSPS) is 10.4. The number of hydrogen-bond donors (Lipinski definition) is 3. The number of nitrogens with zero attached hydrogens (tertiary/aromatic N) is 1. The molecule has 0 bridgehead atoms. The minimum absolute atomic E-state index is 0.192. The minimum Gasteiger partial charge on any atom is -0.481 e. The van der Waals surface area contributed by atoms with Crippen LogP contribution in [0.3, 0.4) is 0 Å². The summed E-state index contributed by atoms with van der Waals surface area (Å²) in [6, 6.07) is 16.3. The van der Waals surface area contributed by atoms with Gasteiger partial charge in [0.05, 0.1) is 12.8 Å². The van der Waals surface area contributed by atoms with E-state index < -0.39 is 18.5 Å². The van der Waals surface area contributed by atoms with Gasteiger partial charge in [-0.25, -0.2) is 10.2 Å². The zero-order valence-electron chi connectivity index (χ0n) is 15.1. The van der Waals surface area contributed by atoms with Crippen LogP contribution in [0.5, 0.6) is 5.75 Å². The standard InChI is InChI=1S/C20H21N3O5/c24-18(11-10-15-6-2-1-3-7-15)21-13-19(25)23-22-12-16-8-4-5-9-17(16)28-14-20(26)27/h1-9,12H,10-11,13-14H2,(H,21,24)(H,23,25)(H,26,27). The molecule has 2 amide bonds. The van der Waals surface area contributed by atoms with Crippen molar-refractivity contribution < 1.29 is 24.2 Å². The van der Waals surface area contributed by atoms with Gasteiger partial charge in [-0.1, -0.05) is 42.5 Å². The van der Waals surface area contributed by atoms with Crippen LogP contribution in [0.4, 0.5) is 0 Å². The van der Waals surface area contributed by atoms with Gasteiger partial charge in [-0.3, -0.25) is 9.59 Å². The highest BCUT2D eigenvalue weighted by molar-refractivity contribution is 5.87. The number of ether oxygens (including phenoxy) is 1. The van der Waals surface area contributed by atoms with Crippen molar-refractivity contribution in [2.45, 2.75) is 12.8 Å². The van der Waals surface area contributed by atoms with E-state index in [-0.39, 0.29) is 18.9 Å². The lowest BCUT2D eigenvalue weighted by atomic mass is 10.1. The molecule has 8 heteroatoms. The summed E-state index contributed by atoms with van der Waals surface area (Å²) in [6.45, 7) is -0.672. The molecule has 0 unspecified atom stereocenters. The topological polar surface area (TPSA) is 117 Å². The number of rotatable bonds is 10. The molecule has 0 spiro atoms. The number of para-hydroxylation sites is 1. The molecule has 0 radical (unpaired) electrons. The van der Waals surface area contributed by atoms with Crippen LogP contribution in [0.25, 0.3) is 0 Å². The Balaban J connectivity index is 1.73. The van der Waals surface area contributed by atoms with Gasteiger partial charge >= 0.3 is 5.97 Å². The number of aryl methyl sites for hydroxylation is 1. The fourth-order valence-corrected chi connectivity index (χ4v) is 2.24. The van der Waals surface area contributed by atoms with Crippen LogP contribution < -0.4 is 15.5 Å². The summed E-state index contributed by atoms with van der Waals surface area (Å²) in [5, 5.41) is 15.0. The van der Waals surface area contributed by atoms with Crippen LogP contribution in [0, 0.1) is 0 Å². The molecule has 0 aliphatic carbocycles. The number of amides is 2. The highest BCUT2D eigenvalue weighted by atomic mass is 16.5. The van der Waals surface area contributed by atoms with Gasteiger partial charge in [-0.15, -0.1) is 0 Å². The molecule has 0 heterocycles. The molecule has 2 aromatic carbocycles. The molecule has 0 aliphatic heterocycles. The predicted molar refractivity (Wildman–Crippen MR) is 103 cm³/mol. The Labute approximate surface area is 162 Å². The average molecular weight is 383 g/mol. The van der Waals surface area contributed by atoms with E-state index in [0.717, 1.165) is 5.56 Å². The fourth-order valence-electron chi connectivity index (χ4n) is 2.24. The molecular weight excluding hydrogens is 362 g/mol. The molecule has 3 N–H and O–H groups in total. The van der Waals surface area contributed by atoms with Crippen LogP contribution in [-0.4, -0.2) is 42.3 Å². The van der Waals surface area contributed by atoms with Gasteiger partial charge in [0.15, 0.2) is 6.61 Å². The van der Waals surface area contributed by atoms with Gasteiger partial charge in [-0.05, 0) is 24.1 Å². The molecule has 2 rings (SSSR count). The van der Waals surface area contributed by atoms with E-state index in [4.69, 9.17) is 9.84 Å². The molecule has 28 heavy (non-hydrogen) atoms. The van der Waals surface area contributed by atoms with Crippen molar-refractivity contribution in [3.63, 3.8) is 0 Å². The molecule has 0 aliphatic rings. The number of carboxylic acid groups (broad SMARTS) is 1. The number of benzene rings is 2. The summed E-state index contributed by atoms with van der Waals surface area (Å²) >= 11 is 0. The minimum atomic E-state index is -1.09. The highest BCUT2D eigenvalue weighted by Gasteiger charge is 2.06. The van der Waals surface area contributed by atoms with E-state index in [1.165, 1.54) is 6.21 Å². The summed E-state index contributed by atoms with van der Waals surface area (Å²) in [6.07, 6.45) is 2.22. The number of hydrazone groups is 1. The molecule has 0 fully saturated rings. The largest absolute Gasteiger partial charge is 0.481 e. The molecule has 0 aromatic heterocycles. The molecule has 2 aromatic rings. The number of nitrogens with one attached hydrogen (secondary N) is 2. The summed E-state index contributed by atoms with van der Waals surface area (Å²) in [5.41, 5.74) is 3.86. The van der Waals surface area contributed by atoms with Crippen LogP contribution in [0.1, 0.15) is 17.5 Å². The smallest absolute Gasteiger partial charge is 0.341 e. The Morgan fingerprint density at radius 2 is 1.71 bits per heavy atom. The Morgan fingerprint density at radius 3 is 2.46 bits per heavy atom. The third-order valence-corrected chi connectivity index (χ3v) is 3.59. The first-order chi connectivity index (χ1) is 13.5. The van der Waals surface area contributed by atoms with Crippen molar-refractivity contribution in [3.05, 3.63) is 65.7 Å². The lowest BCUT2D eigenvalue weighted by molar-refractivity contribution is -0.139. The Hall–Kier alpha value is -3.68. The highest BCUT2D eigenvalue weighted by Crippen LogP contribution is 2.15. The van der Waals surface area contributed by atoms with Gasteiger partial charge < -0.3 is 15.2 Å². The monoisotopic (exact) mass is 383 g/mol. The van der Waals surface area contributed by atoms with Crippen LogP contribution in [0.2, 0.25) is 0 Å². The lowest BCUT2D eigenvalue weighted by Crippen LogP contribution is -2.35.